The van der Waals surface area contributed by atoms with E-state index in [0.29, 0.717) is 17.8 Å². The number of hydrogen-bond acceptors (Lipinski definition) is 0. The van der Waals surface area contributed by atoms with Crippen LogP contribution in [0.1, 0.15) is 40.0 Å². The molecule has 0 aromatic carbocycles. The molecule has 13 heavy (non-hydrogen) atoms. The zero-order valence-corrected chi connectivity index (χ0v) is 8.90. The summed E-state index contributed by atoms with van der Waals surface area (Å²) in [4.78, 5) is 3.20. The molecule has 0 aromatic rings. The SMILES string of the molecule is CC(C)[C@@H]1CC[C@@H](C)C[C@H]1C=[N+]=[N-]. The second-order valence-electron chi connectivity index (χ2n) is 4.75. The van der Waals surface area contributed by atoms with Crippen LogP contribution < -0.4 is 0 Å². The molecule has 1 aliphatic rings. The van der Waals surface area contributed by atoms with E-state index in [1.54, 1.807) is 6.21 Å². The van der Waals surface area contributed by atoms with Crippen LogP contribution in [0.5, 0.6) is 0 Å². The van der Waals surface area contributed by atoms with Crippen LogP contribution in [0.15, 0.2) is 0 Å². The minimum atomic E-state index is 0.494. The molecular weight excluding hydrogens is 160 g/mol. The largest absolute Gasteiger partial charge is 0.362 e. The van der Waals surface area contributed by atoms with E-state index in [1.165, 1.54) is 19.3 Å². The molecule has 0 heterocycles. The maximum Gasteiger partial charge on any atom is 0.260 e. The highest BCUT2D eigenvalue weighted by atomic mass is 14.8. The molecule has 0 saturated heterocycles. The summed E-state index contributed by atoms with van der Waals surface area (Å²) in [5.74, 6) is 2.70. The first-order valence-corrected chi connectivity index (χ1v) is 5.32. The summed E-state index contributed by atoms with van der Waals surface area (Å²) in [6.07, 6.45) is 5.54. The van der Waals surface area contributed by atoms with Crippen LogP contribution in [0.25, 0.3) is 5.53 Å². The van der Waals surface area contributed by atoms with Gasteiger partial charge in [0.25, 0.3) is 6.21 Å². The first-order valence-electron chi connectivity index (χ1n) is 5.32. The van der Waals surface area contributed by atoms with Gasteiger partial charge in [0.15, 0.2) is 0 Å². The highest BCUT2D eigenvalue weighted by Gasteiger charge is 2.31. The molecule has 1 aliphatic carbocycles. The minimum Gasteiger partial charge on any atom is -0.362 e. The molecule has 0 N–H and O–H groups in total. The molecule has 2 nitrogen and oxygen atoms in total. The van der Waals surface area contributed by atoms with Gasteiger partial charge in [-0.05, 0) is 30.6 Å². The summed E-state index contributed by atoms with van der Waals surface area (Å²) in [5.41, 5.74) is 8.57. The van der Waals surface area contributed by atoms with E-state index in [1.807, 2.05) is 0 Å². The molecule has 0 spiro atoms. The Morgan fingerprint density at radius 2 is 2.08 bits per heavy atom. The lowest BCUT2D eigenvalue weighted by molar-refractivity contribution is -0.0104. The third kappa shape index (κ3) is 2.67. The summed E-state index contributed by atoms with van der Waals surface area (Å²) in [7, 11) is 0. The summed E-state index contributed by atoms with van der Waals surface area (Å²) in [6, 6.07) is 0. The Hall–Kier alpha value is -0.620. The van der Waals surface area contributed by atoms with Crippen molar-refractivity contribution in [2.24, 2.45) is 23.7 Å². The van der Waals surface area contributed by atoms with Crippen molar-refractivity contribution in [2.75, 3.05) is 0 Å². The topological polar surface area (TPSA) is 36.4 Å². The maximum absolute atomic E-state index is 8.57. The average Bonchev–Trinajstić information content (AvgIpc) is 2.04. The summed E-state index contributed by atoms with van der Waals surface area (Å²) < 4.78 is 0. The third-order valence-electron chi connectivity index (χ3n) is 3.33. The van der Waals surface area contributed by atoms with E-state index in [-0.39, 0.29) is 0 Å². The Balaban J connectivity index is 2.65. The van der Waals surface area contributed by atoms with Crippen LogP contribution in [0.4, 0.5) is 0 Å². The lowest BCUT2D eigenvalue weighted by Crippen LogP contribution is -2.28. The zero-order valence-electron chi connectivity index (χ0n) is 8.90. The average molecular weight is 180 g/mol. The van der Waals surface area contributed by atoms with Gasteiger partial charge in [0, 0.05) is 0 Å². The van der Waals surface area contributed by atoms with Crippen molar-refractivity contribution < 1.29 is 4.79 Å². The predicted octanol–water partition coefficient (Wildman–Crippen LogP) is 3.00. The smallest absolute Gasteiger partial charge is 0.260 e. The second-order valence-corrected chi connectivity index (χ2v) is 4.75. The molecular formula is C11H20N2. The normalized spacial score (nSPS) is 34.3. The Morgan fingerprint density at radius 3 is 2.62 bits per heavy atom. The first kappa shape index (κ1) is 10.5. The van der Waals surface area contributed by atoms with Crippen LogP contribution in [0.2, 0.25) is 0 Å². The van der Waals surface area contributed by atoms with Gasteiger partial charge in [-0.25, -0.2) is 0 Å². The molecule has 2 heteroatoms. The second kappa shape index (κ2) is 4.57. The van der Waals surface area contributed by atoms with Crippen LogP contribution in [-0.4, -0.2) is 11.0 Å². The third-order valence-corrected chi connectivity index (χ3v) is 3.33. The molecule has 3 atom stereocenters. The molecule has 1 rings (SSSR count). The van der Waals surface area contributed by atoms with Crippen molar-refractivity contribution in [3.8, 4) is 0 Å². The number of hydrogen-bond donors (Lipinski definition) is 0. The fourth-order valence-electron chi connectivity index (χ4n) is 2.53. The van der Waals surface area contributed by atoms with E-state index in [0.717, 1.165) is 5.92 Å². The van der Waals surface area contributed by atoms with Gasteiger partial charge < -0.3 is 5.53 Å². The minimum absolute atomic E-state index is 0.494. The molecule has 0 bridgehead atoms. The van der Waals surface area contributed by atoms with Gasteiger partial charge in [0.05, 0.1) is 5.92 Å². The Morgan fingerprint density at radius 1 is 1.38 bits per heavy atom. The molecule has 1 fully saturated rings. The van der Waals surface area contributed by atoms with E-state index in [4.69, 9.17) is 5.53 Å². The number of nitrogens with zero attached hydrogens (tertiary/aromatic N) is 2. The summed E-state index contributed by atoms with van der Waals surface area (Å²) >= 11 is 0. The molecule has 1 saturated carbocycles. The van der Waals surface area contributed by atoms with Crippen molar-refractivity contribution in [1.29, 1.82) is 0 Å². The van der Waals surface area contributed by atoms with Gasteiger partial charge >= 0.3 is 0 Å². The fourth-order valence-corrected chi connectivity index (χ4v) is 2.53. The monoisotopic (exact) mass is 180 g/mol. The first-order chi connectivity index (χ1) is 6.15. The predicted molar refractivity (Wildman–Crippen MR) is 54.5 cm³/mol. The van der Waals surface area contributed by atoms with Gasteiger partial charge in [-0.1, -0.05) is 27.2 Å². The van der Waals surface area contributed by atoms with Crippen molar-refractivity contribution in [2.45, 2.75) is 40.0 Å². The van der Waals surface area contributed by atoms with Crippen LogP contribution in [0, 0.1) is 23.7 Å². The standard InChI is InChI=1S/C11H20N2/c1-8(2)11-5-4-9(3)6-10(11)7-13-12/h7-11H,4-6H2,1-3H3/t9-,10+,11+/m1/s1. The Labute approximate surface area is 81.0 Å². The molecule has 0 unspecified atom stereocenters. The van der Waals surface area contributed by atoms with Gasteiger partial charge in [-0.3, -0.25) is 0 Å². The van der Waals surface area contributed by atoms with E-state index in [2.05, 4.69) is 25.6 Å². The molecule has 0 radical (unpaired) electrons. The van der Waals surface area contributed by atoms with Crippen molar-refractivity contribution >= 4 is 6.21 Å². The van der Waals surface area contributed by atoms with E-state index < -0.39 is 0 Å². The van der Waals surface area contributed by atoms with Crippen LogP contribution in [0.3, 0.4) is 0 Å². The van der Waals surface area contributed by atoms with Crippen molar-refractivity contribution in [3.05, 3.63) is 5.53 Å². The van der Waals surface area contributed by atoms with Crippen LogP contribution in [-0.2, 0) is 0 Å². The van der Waals surface area contributed by atoms with Crippen molar-refractivity contribution in [3.63, 3.8) is 0 Å². The van der Waals surface area contributed by atoms with E-state index >= 15 is 0 Å². The number of rotatable bonds is 2. The Bertz CT molecular complexity index is 204. The molecule has 0 aliphatic heterocycles. The Kier molecular flexibility index (Phi) is 3.68. The molecule has 74 valence electrons. The van der Waals surface area contributed by atoms with Gasteiger partial charge in [0.1, 0.15) is 0 Å². The van der Waals surface area contributed by atoms with Crippen molar-refractivity contribution in [1.82, 2.24) is 0 Å². The van der Waals surface area contributed by atoms with Gasteiger partial charge in [0.2, 0.25) is 0 Å². The lowest BCUT2D eigenvalue weighted by Gasteiger charge is -2.32. The molecule has 0 aromatic heterocycles. The maximum atomic E-state index is 8.57. The molecule has 0 amide bonds. The fraction of sp³-hybridized carbons (Fsp3) is 0.909. The summed E-state index contributed by atoms with van der Waals surface area (Å²) in [5, 5.41) is 0. The van der Waals surface area contributed by atoms with Gasteiger partial charge in [-0.2, -0.15) is 4.79 Å². The highest BCUT2D eigenvalue weighted by Crippen LogP contribution is 2.36. The lowest BCUT2D eigenvalue weighted by atomic mass is 9.71. The van der Waals surface area contributed by atoms with E-state index in [9.17, 15) is 0 Å². The zero-order chi connectivity index (χ0) is 9.84. The quantitative estimate of drug-likeness (QED) is 0.356. The van der Waals surface area contributed by atoms with Crippen LogP contribution >= 0.6 is 0 Å². The van der Waals surface area contributed by atoms with Gasteiger partial charge in [-0.15, -0.1) is 0 Å². The highest BCUT2D eigenvalue weighted by molar-refractivity contribution is 5.55. The summed E-state index contributed by atoms with van der Waals surface area (Å²) in [6.45, 7) is 6.81.